The number of ether oxygens (including phenoxy) is 1. The SMILES string of the molecule is CCOc1ccc(-c2[nH]nc(N(C)C)c2Br)cc1C. The fourth-order valence-corrected chi connectivity index (χ4v) is 2.69. The topological polar surface area (TPSA) is 41.1 Å². The molecule has 19 heavy (non-hydrogen) atoms. The van der Waals surface area contributed by atoms with Crippen molar-refractivity contribution in [3.63, 3.8) is 0 Å². The monoisotopic (exact) mass is 323 g/mol. The Kier molecular flexibility index (Phi) is 4.14. The number of anilines is 1. The number of H-pyrrole nitrogens is 1. The molecule has 0 unspecified atom stereocenters. The fraction of sp³-hybridized carbons (Fsp3) is 0.357. The molecule has 2 rings (SSSR count). The number of aromatic nitrogens is 2. The van der Waals surface area contributed by atoms with Crippen LogP contribution in [-0.4, -0.2) is 30.9 Å². The van der Waals surface area contributed by atoms with Gasteiger partial charge in [0, 0.05) is 19.7 Å². The van der Waals surface area contributed by atoms with Crippen molar-refractivity contribution in [2.45, 2.75) is 13.8 Å². The van der Waals surface area contributed by atoms with E-state index < -0.39 is 0 Å². The maximum atomic E-state index is 5.56. The molecule has 0 saturated carbocycles. The highest BCUT2D eigenvalue weighted by molar-refractivity contribution is 9.10. The van der Waals surface area contributed by atoms with Gasteiger partial charge in [0.05, 0.1) is 16.8 Å². The Hall–Kier alpha value is -1.49. The predicted octanol–water partition coefficient (Wildman–Crippen LogP) is 3.61. The Morgan fingerprint density at radius 3 is 2.63 bits per heavy atom. The second-order valence-corrected chi connectivity index (χ2v) is 5.34. The maximum Gasteiger partial charge on any atom is 0.164 e. The second kappa shape index (κ2) is 5.65. The predicted molar refractivity (Wildman–Crippen MR) is 82.0 cm³/mol. The number of aryl methyl sites for hydroxylation is 1. The Morgan fingerprint density at radius 1 is 1.37 bits per heavy atom. The summed E-state index contributed by atoms with van der Waals surface area (Å²) in [6, 6.07) is 6.13. The number of hydrogen-bond donors (Lipinski definition) is 1. The van der Waals surface area contributed by atoms with Gasteiger partial charge in [0.1, 0.15) is 5.75 Å². The third-order valence-corrected chi connectivity index (χ3v) is 3.63. The minimum Gasteiger partial charge on any atom is -0.494 e. The molecule has 0 aliphatic heterocycles. The van der Waals surface area contributed by atoms with Gasteiger partial charge >= 0.3 is 0 Å². The van der Waals surface area contributed by atoms with E-state index >= 15 is 0 Å². The minimum atomic E-state index is 0.679. The summed E-state index contributed by atoms with van der Waals surface area (Å²) in [6.45, 7) is 4.71. The van der Waals surface area contributed by atoms with E-state index in [2.05, 4.69) is 32.2 Å². The van der Waals surface area contributed by atoms with Gasteiger partial charge in [-0.15, -0.1) is 0 Å². The zero-order chi connectivity index (χ0) is 14.0. The van der Waals surface area contributed by atoms with E-state index in [0.29, 0.717) is 6.61 Å². The van der Waals surface area contributed by atoms with Gasteiger partial charge in [0.25, 0.3) is 0 Å². The largest absolute Gasteiger partial charge is 0.494 e. The van der Waals surface area contributed by atoms with Gasteiger partial charge in [-0.3, -0.25) is 5.10 Å². The van der Waals surface area contributed by atoms with E-state index in [4.69, 9.17) is 4.74 Å². The highest BCUT2D eigenvalue weighted by Gasteiger charge is 2.14. The number of nitrogens with zero attached hydrogens (tertiary/aromatic N) is 2. The Balaban J connectivity index is 2.40. The van der Waals surface area contributed by atoms with Crippen LogP contribution in [0.5, 0.6) is 5.75 Å². The average molecular weight is 324 g/mol. The minimum absolute atomic E-state index is 0.679. The second-order valence-electron chi connectivity index (χ2n) is 4.54. The molecule has 0 amide bonds. The smallest absolute Gasteiger partial charge is 0.164 e. The molecule has 2 aromatic rings. The molecule has 5 heteroatoms. The number of nitrogens with one attached hydrogen (secondary N) is 1. The molecule has 1 aromatic carbocycles. The summed E-state index contributed by atoms with van der Waals surface area (Å²) in [4.78, 5) is 1.96. The molecule has 4 nitrogen and oxygen atoms in total. The Labute approximate surface area is 121 Å². The quantitative estimate of drug-likeness (QED) is 0.934. The van der Waals surface area contributed by atoms with Gasteiger partial charge in [-0.2, -0.15) is 5.10 Å². The molecule has 1 N–H and O–H groups in total. The van der Waals surface area contributed by atoms with Crippen LogP contribution >= 0.6 is 15.9 Å². The summed E-state index contributed by atoms with van der Waals surface area (Å²) in [5, 5.41) is 7.37. The standard InChI is InChI=1S/C14H18BrN3O/c1-5-19-11-7-6-10(8-9(11)2)13-12(15)14(17-16-13)18(3)4/h6-8H,5H2,1-4H3,(H,16,17). The van der Waals surface area contributed by atoms with Crippen molar-refractivity contribution in [1.82, 2.24) is 10.2 Å². The van der Waals surface area contributed by atoms with E-state index in [1.807, 2.05) is 45.0 Å². The van der Waals surface area contributed by atoms with Crippen LogP contribution in [0.4, 0.5) is 5.82 Å². The molecular formula is C14H18BrN3O. The van der Waals surface area contributed by atoms with Crippen molar-refractivity contribution in [1.29, 1.82) is 0 Å². The molecular weight excluding hydrogens is 306 g/mol. The summed E-state index contributed by atoms with van der Waals surface area (Å²) in [6.07, 6.45) is 0. The average Bonchev–Trinajstić information content (AvgIpc) is 2.74. The number of aromatic amines is 1. The maximum absolute atomic E-state index is 5.56. The van der Waals surface area contributed by atoms with Crippen molar-refractivity contribution in [2.75, 3.05) is 25.6 Å². The van der Waals surface area contributed by atoms with Gasteiger partial charge in [-0.05, 0) is 53.5 Å². The molecule has 102 valence electrons. The highest BCUT2D eigenvalue weighted by Crippen LogP contribution is 2.34. The molecule has 0 aliphatic rings. The van der Waals surface area contributed by atoms with Crippen LogP contribution in [-0.2, 0) is 0 Å². The van der Waals surface area contributed by atoms with Crippen LogP contribution in [0.3, 0.4) is 0 Å². The van der Waals surface area contributed by atoms with E-state index in [0.717, 1.165) is 32.9 Å². The molecule has 0 bridgehead atoms. The van der Waals surface area contributed by atoms with E-state index in [1.54, 1.807) is 0 Å². The van der Waals surface area contributed by atoms with Gasteiger partial charge < -0.3 is 9.64 Å². The molecule has 1 heterocycles. The summed E-state index contributed by atoms with van der Waals surface area (Å²) >= 11 is 3.60. The normalized spacial score (nSPS) is 10.6. The fourth-order valence-electron chi connectivity index (χ4n) is 1.93. The third-order valence-electron chi connectivity index (χ3n) is 2.88. The van der Waals surface area contributed by atoms with Gasteiger partial charge in [-0.25, -0.2) is 0 Å². The van der Waals surface area contributed by atoms with E-state index in [1.165, 1.54) is 0 Å². The summed E-state index contributed by atoms with van der Waals surface area (Å²) in [7, 11) is 3.93. The van der Waals surface area contributed by atoms with Crippen molar-refractivity contribution in [3.05, 3.63) is 28.2 Å². The van der Waals surface area contributed by atoms with Gasteiger partial charge in [0.15, 0.2) is 5.82 Å². The number of benzene rings is 1. The van der Waals surface area contributed by atoms with E-state index in [9.17, 15) is 0 Å². The summed E-state index contributed by atoms with van der Waals surface area (Å²) < 4.78 is 6.53. The van der Waals surface area contributed by atoms with Crippen LogP contribution < -0.4 is 9.64 Å². The van der Waals surface area contributed by atoms with Crippen molar-refractivity contribution in [3.8, 4) is 17.0 Å². The first-order valence-electron chi connectivity index (χ1n) is 6.19. The zero-order valence-electron chi connectivity index (χ0n) is 11.6. The molecule has 0 radical (unpaired) electrons. The Morgan fingerprint density at radius 2 is 2.11 bits per heavy atom. The van der Waals surface area contributed by atoms with Crippen LogP contribution in [0.2, 0.25) is 0 Å². The van der Waals surface area contributed by atoms with Crippen molar-refractivity contribution in [2.24, 2.45) is 0 Å². The first kappa shape index (κ1) is 13.9. The summed E-state index contributed by atoms with van der Waals surface area (Å²) in [5.41, 5.74) is 3.19. The lowest BCUT2D eigenvalue weighted by molar-refractivity contribution is 0.338. The zero-order valence-corrected chi connectivity index (χ0v) is 13.2. The molecule has 0 saturated heterocycles. The van der Waals surface area contributed by atoms with Crippen LogP contribution in [0.1, 0.15) is 12.5 Å². The number of halogens is 1. The van der Waals surface area contributed by atoms with Crippen molar-refractivity contribution >= 4 is 21.7 Å². The lowest BCUT2D eigenvalue weighted by atomic mass is 10.1. The number of rotatable bonds is 4. The van der Waals surface area contributed by atoms with E-state index in [-0.39, 0.29) is 0 Å². The van der Waals surface area contributed by atoms with Crippen LogP contribution in [0, 0.1) is 6.92 Å². The van der Waals surface area contributed by atoms with Crippen molar-refractivity contribution < 1.29 is 4.74 Å². The molecule has 0 spiro atoms. The molecule has 0 fully saturated rings. The number of hydrogen-bond acceptors (Lipinski definition) is 3. The lowest BCUT2D eigenvalue weighted by Crippen LogP contribution is -2.09. The molecule has 0 atom stereocenters. The van der Waals surface area contributed by atoms with Crippen LogP contribution in [0.25, 0.3) is 11.3 Å². The van der Waals surface area contributed by atoms with Gasteiger partial charge in [0.2, 0.25) is 0 Å². The molecule has 1 aromatic heterocycles. The summed E-state index contributed by atoms with van der Waals surface area (Å²) in [5.74, 6) is 1.82. The first-order valence-corrected chi connectivity index (χ1v) is 6.99. The van der Waals surface area contributed by atoms with Gasteiger partial charge in [-0.1, -0.05) is 0 Å². The lowest BCUT2D eigenvalue weighted by Gasteiger charge is -2.10. The van der Waals surface area contributed by atoms with Crippen LogP contribution in [0.15, 0.2) is 22.7 Å². The highest BCUT2D eigenvalue weighted by atomic mass is 79.9. The first-order chi connectivity index (χ1) is 9.04. The molecule has 0 aliphatic carbocycles. The Bertz CT molecular complexity index is 578. The third kappa shape index (κ3) is 2.76.